The number of carbonyl (C=O) groups excluding carboxylic acids is 2. The lowest BCUT2D eigenvalue weighted by atomic mass is 10.1. The Morgan fingerprint density at radius 1 is 1.30 bits per heavy atom. The lowest BCUT2D eigenvalue weighted by molar-refractivity contribution is -0.385. The maximum Gasteiger partial charge on any atom is 0.313 e. The number of nitro benzene ring substituents is 1. The number of hydrogen-bond acceptors (Lipinski definition) is 5. The molecule has 0 unspecified atom stereocenters. The van der Waals surface area contributed by atoms with Crippen molar-refractivity contribution in [1.82, 2.24) is 0 Å². The van der Waals surface area contributed by atoms with E-state index in [9.17, 15) is 28.5 Å². The van der Waals surface area contributed by atoms with Gasteiger partial charge in [-0.15, -0.1) is 0 Å². The minimum atomic E-state index is -1.45. The molecule has 0 heterocycles. The van der Waals surface area contributed by atoms with E-state index in [4.69, 9.17) is 4.74 Å². The van der Waals surface area contributed by atoms with Crippen LogP contribution in [-0.2, 0) is 9.53 Å². The number of Topliss-reactive ketones (excluding diaryl/α,β-unsaturated/α-hetero) is 1. The molecule has 0 atom stereocenters. The van der Waals surface area contributed by atoms with Crippen molar-refractivity contribution in [3.8, 4) is 0 Å². The van der Waals surface area contributed by atoms with Crippen molar-refractivity contribution in [1.29, 1.82) is 0 Å². The van der Waals surface area contributed by atoms with E-state index in [1.54, 1.807) is 13.8 Å². The molecule has 20 heavy (non-hydrogen) atoms. The number of benzene rings is 1. The summed E-state index contributed by atoms with van der Waals surface area (Å²) in [6, 6.07) is 0.703. The second-order valence-electron chi connectivity index (χ2n) is 4.18. The van der Waals surface area contributed by atoms with E-state index in [1.165, 1.54) is 0 Å². The maximum absolute atomic E-state index is 13.1. The molecule has 0 bridgehead atoms. The Hall–Kier alpha value is -2.38. The normalized spacial score (nSPS) is 10.4. The zero-order valence-electron chi connectivity index (χ0n) is 10.7. The average Bonchev–Trinajstić information content (AvgIpc) is 2.30. The van der Waals surface area contributed by atoms with E-state index >= 15 is 0 Å². The second kappa shape index (κ2) is 6.18. The topological polar surface area (TPSA) is 86.5 Å². The number of halogens is 2. The van der Waals surface area contributed by atoms with Gasteiger partial charge in [-0.25, -0.2) is 8.78 Å². The summed E-state index contributed by atoms with van der Waals surface area (Å²) in [5, 5.41) is 10.7. The first-order chi connectivity index (χ1) is 9.22. The molecule has 0 amide bonds. The number of ketones is 1. The van der Waals surface area contributed by atoms with Crippen molar-refractivity contribution in [2.75, 3.05) is 0 Å². The highest BCUT2D eigenvalue weighted by Gasteiger charge is 2.25. The van der Waals surface area contributed by atoms with Crippen LogP contribution in [0.2, 0.25) is 0 Å². The van der Waals surface area contributed by atoms with Crippen LogP contribution in [0, 0.1) is 21.7 Å². The average molecular weight is 287 g/mol. The van der Waals surface area contributed by atoms with Crippen molar-refractivity contribution < 1.29 is 28.0 Å². The summed E-state index contributed by atoms with van der Waals surface area (Å²) in [6.45, 7) is 3.12. The largest absolute Gasteiger partial charge is 0.463 e. The SMILES string of the molecule is CC(C)OC(=O)CC(=O)c1cc(F)c(F)cc1[N+](=O)[O-]. The summed E-state index contributed by atoms with van der Waals surface area (Å²) < 4.78 is 30.7. The lowest BCUT2D eigenvalue weighted by Gasteiger charge is -2.07. The van der Waals surface area contributed by atoms with E-state index < -0.39 is 52.1 Å². The molecular formula is C12H11F2NO5. The number of rotatable bonds is 5. The van der Waals surface area contributed by atoms with Crippen LogP contribution in [0.3, 0.4) is 0 Å². The van der Waals surface area contributed by atoms with Crippen molar-refractivity contribution in [3.05, 3.63) is 39.4 Å². The molecule has 0 spiro atoms. The molecule has 0 saturated heterocycles. The zero-order chi connectivity index (χ0) is 15.4. The molecule has 0 aliphatic carbocycles. The fourth-order valence-corrected chi connectivity index (χ4v) is 1.44. The monoisotopic (exact) mass is 287 g/mol. The molecule has 1 aromatic carbocycles. The molecule has 0 N–H and O–H groups in total. The zero-order valence-corrected chi connectivity index (χ0v) is 10.7. The first-order valence-electron chi connectivity index (χ1n) is 5.58. The molecule has 8 heteroatoms. The van der Waals surface area contributed by atoms with Gasteiger partial charge in [0.1, 0.15) is 6.42 Å². The van der Waals surface area contributed by atoms with Crippen LogP contribution < -0.4 is 0 Å². The fourth-order valence-electron chi connectivity index (χ4n) is 1.44. The Labute approximate surface area is 112 Å². The summed E-state index contributed by atoms with van der Waals surface area (Å²) in [5.74, 6) is -4.76. The van der Waals surface area contributed by atoms with Gasteiger partial charge in [0.15, 0.2) is 17.4 Å². The van der Waals surface area contributed by atoms with Crippen molar-refractivity contribution >= 4 is 17.4 Å². The number of ether oxygens (including phenoxy) is 1. The first-order valence-corrected chi connectivity index (χ1v) is 5.58. The molecule has 0 radical (unpaired) electrons. The van der Waals surface area contributed by atoms with E-state index in [1.807, 2.05) is 0 Å². The third-order valence-electron chi connectivity index (χ3n) is 2.21. The predicted octanol–water partition coefficient (Wildman–Crippen LogP) is 2.40. The number of hydrogen-bond donors (Lipinski definition) is 0. The van der Waals surface area contributed by atoms with Gasteiger partial charge in [0, 0.05) is 0 Å². The quantitative estimate of drug-likeness (QED) is 0.273. The number of carbonyl (C=O) groups is 2. The summed E-state index contributed by atoms with van der Waals surface area (Å²) >= 11 is 0. The second-order valence-corrected chi connectivity index (χ2v) is 4.18. The highest BCUT2D eigenvalue weighted by atomic mass is 19.2. The Bertz CT molecular complexity index is 571. The van der Waals surface area contributed by atoms with Gasteiger partial charge in [-0.2, -0.15) is 0 Å². The van der Waals surface area contributed by atoms with Gasteiger partial charge in [-0.3, -0.25) is 19.7 Å². The van der Waals surface area contributed by atoms with Crippen LogP contribution in [0.15, 0.2) is 12.1 Å². The standard InChI is InChI=1S/C12H11F2NO5/c1-6(2)20-12(17)5-11(16)7-3-8(13)9(14)4-10(7)15(18)19/h3-4,6H,5H2,1-2H3. The van der Waals surface area contributed by atoms with E-state index in [0.29, 0.717) is 12.1 Å². The third-order valence-corrected chi connectivity index (χ3v) is 2.21. The van der Waals surface area contributed by atoms with Gasteiger partial charge in [-0.05, 0) is 19.9 Å². The van der Waals surface area contributed by atoms with E-state index in [0.717, 1.165) is 0 Å². The Balaban J connectivity index is 3.06. The smallest absolute Gasteiger partial charge is 0.313 e. The van der Waals surface area contributed by atoms with E-state index in [2.05, 4.69) is 0 Å². The highest BCUT2D eigenvalue weighted by Crippen LogP contribution is 2.23. The van der Waals surface area contributed by atoms with Crippen LogP contribution in [0.5, 0.6) is 0 Å². The summed E-state index contributed by atoms with van der Waals surface area (Å²) in [4.78, 5) is 32.7. The predicted molar refractivity (Wildman–Crippen MR) is 63.2 cm³/mol. The Kier molecular flexibility index (Phi) is 4.84. The molecule has 1 rings (SSSR count). The van der Waals surface area contributed by atoms with Crippen LogP contribution in [0.4, 0.5) is 14.5 Å². The van der Waals surface area contributed by atoms with Crippen LogP contribution in [-0.4, -0.2) is 22.8 Å². The van der Waals surface area contributed by atoms with Crippen molar-refractivity contribution in [3.63, 3.8) is 0 Å². The minimum Gasteiger partial charge on any atom is -0.463 e. The molecule has 0 saturated carbocycles. The van der Waals surface area contributed by atoms with Gasteiger partial charge in [0.25, 0.3) is 5.69 Å². The number of nitro groups is 1. The molecule has 0 aromatic heterocycles. The highest BCUT2D eigenvalue weighted by molar-refractivity contribution is 6.08. The Morgan fingerprint density at radius 2 is 1.85 bits per heavy atom. The number of nitrogens with zero attached hydrogens (tertiary/aromatic N) is 1. The first kappa shape index (κ1) is 15.7. The fraction of sp³-hybridized carbons (Fsp3) is 0.333. The van der Waals surface area contributed by atoms with Gasteiger partial charge in [-0.1, -0.05) is 0 Å². The van der Waals surface area contributed by atoms with Gasteiger partial charge >= 0.3 is 5.97 Å². The molecule has 0 fully saturated rings. The Morgan fingerprint density at radius 3 is 2.35 bits per heavy atom. The lowest BCUT2D eigenvalue weighted by Crippen LogP contribution is -2.16. The van der Waals surface area contributed by atoms with Crippen molar-refractivity contribution in [2.45, 2.75) is 26.4 Å². The molecule has 0 aliphatic heterocycles. The molecule has 1 aromatic rings. The van der Waals surface area contributed by atoms with Gasteiger partial charge < -0.3 is 4.74 Å². The summed E-state index contributed by atoms with van der Waals surface area (Å²) in [7, 11) is 0. The summed E-state index contributed by atoms with van der Waals surface area (Å²) in [5.41, 5.74) is -1.57. The molecular weight excluding hydrogens is 276 g/mol. The molecule has 108 valence electrons. The van der Waals surface area contributed by atoms with Crippen LogP contribution in [0.1, 0.15) is 30.6 Å². The number of esters is 1. The van der Waals surface area contributed by atoms with Crippen LogP contribution in [0.25, 0.3) is 0 Å². The van der Waals surface area contributed by atoms with Crippen LogP contribution >= 0.6 is 0 Å². The van der Waals surface area contributed by atoms with Crippen molar-refractivity contribution in [2.24, 2.45) is 0 Å². The molecule has 0 aliphatic rings. The minimum absolute atomic E-state index is 0.302. The summed E-state index contributed by atoms with van der Waals surface area (Å²) in [6.07, 6.45) is -1.25. The third kappa shape index (κ3) is 3.81. The van der Waals surface area contributed by atoms with Gasteiger partial charge in [0.2, 0.25) is 0 Å². The van der Waals surface area contributed by atoms with Gasteiger partial charge in [0.05, 0.1) is 22.7 Å². The molecule has 6 nitrogen and oxygen atoms in total. The maximum atomic E-state index is 13.1. The van der Waals surface area contributed by atoms with E-state index in [-0.39, 0.29) is 0 Å².